The van der Waals surface area contributed by atoms with E-state index in [0.29, 0.717) is 0 Å². The van der Waals surface area contributed by atoms with Crippen molar-refractivity contribution >= 4 is 45.2 Å². The molecule has 2 aromatic heterocycles. The van der Waals surface area contributed by atoms with Crippen LogP contribution in [0.3, 0.4) is 0 Å². The Labute approximate surface area is 251 Å². The zero-order chi connectivity index (χ0) is 29.3. The van der Waals surface area contributed by atoms with Crippen LogP contribution in [0.15, 0.2) is 78.9 Å². The van der Waals surface area contributed by atoms with E-state index in [2.05, 4.69) is 130 Å². The summed E-state index contributed by atoms with van der Waals surface area (Å²) in [5.41, 5.74) is 20.9. The summed E-state index contributed by atoms with van der Waals surface area (Å²) in [5, 5.41) is 0. The molecule has 0 N–H and O–H groups in total. The van der Waals surface area contributed by atoms with Gasteiger partial charge in [0.05, 0.1) is 22.1 Å². The molecular weight excluding hydrogens is 523 g/mol. The van der Waals surface area contributed by atoms with Gasteiger partial charge in [-0.25, -0.2) is 9.97 Å². The van der Waals surface area contributed by atoms with Crippen LogP contribution in [0, 0.1) is 41.5 Å². The molecule has 5 aromatic carbocycles. The first-order valence-corrected chi connectivity index (χ1v) is 15.1. The first-order chi connectivity index (χ1) is 20.8. The van der Waals surface area contributed by atoms with Crippen molar-refractivity contribution in [1.82, 2.24) is 19.1 Å². The van der Waals surface area contributed by atoms with Gasteiger partial charge in [-0.15, -0.1) is 0 Å². The first-order valence-electron chi connectivity index (χ1n) is 15.1. The minimum absolute atomic E-state index is 0.105. The van der Waals surface area contributed by atoms with E-state index in [1.807, 2.05) is 0 Å². The third kappa shape index (κ3) is 3.12. The van der Waals surface area contributed by atoms with Crippen LogP contribution in [0.1, 0.15) is 33.4 Å². The van der Waals surface area contributed by atoms with Crippen LogP contribution in [0.25, 0.3) is 56.2 Å². The van der Waals surface area contributed by atoms with Gasteiger partial charge in [0.1, 0.15) is 11.6 Å². The predicted octanol–water partition coefficient (Wildman–Crippen LogP) is 6.69. The second-order valence-corrected chi connectivity index (χ2v) is 12.7. The average Bonchev–Trinajstić information content (AvgIpc) is 3.52. The van der Waals surface area contributed by atoms with Gasteiger partial charge in [-0.3, -0.25) is 9.13 Å². The van der Waals surface area contributed by atoms with Crippen LogP contribution >= 0.6 is 0 Å². The molecule has 5 heteroatoms. The molecule has 2 aliphatic rings. The highest BCUT2D eigenvalue weighted by molar-refractivity contribution is 7.00. The van der Waals surface area contributed by atoms with Gasteiger partial charge in [-0.2, -0.15) is 0 Å². The van der Waals surface area contributed by atoms with E-state index < -0.39 is 0 Å². The molecule has 4 heterocycles. The molecular formula is C38H31BN4. The molecule has 0 unspecified atom stereocenters. The van der Waals surface area contributed by atoms with Gasteiger partial charge in [-0.1, -0.05) is 65.7 Å². The maximum Gasteiger partial charge on any atom is 0.252 e. The number of nitrogens with zero attached hydrogens (tertiary/aromatic N) is 4. The van der Waals surface area contributed by atoms with E-state index in [9.17, 15) is 0 Å². The van der Waals surface area contributed by atoms with Gasteiger partial charge in [0.2, 0.25) is 0 Å². The molecule has 4 nitrogen and oxygen atoms in total. The zero-order valence-corrected chi connectivity index (χ0v) is 25.4. The predicted molar refractivity (Wildman–Crippen MR) is 180 cm³/mol. The number of hydrogen-bond donors (Lipinski definition) is 0. The summed E-state index contributed by atoms with van der Waals surface area (Å²) in [6.45, 7) is 13.3. The molecule has 0 saturated heterocycles. The summed E-state index contributed by atoms with van der Waals surface area (Å²) in [5.74, 6) is 2.04. The summed E-state index contributed by atoms with van der Waals surface area (Å²) in [7, 11) is 0. The van der Waals surface area contributed by atoms with Crippen LogP contribution in [-0.2, 0) is 0 Å². The second kappa shape index (κ2) is 8.35. The van der Waals surface area contributed by atoms with Crippen LogP contribution in [0.4, 0.5) is 0 Å². The Morgan fingerprint density at radius 1 is 0.512 bits per heavy atom. The number of benzene rings is 5. The zero-order valence-electron chi connectivity index (χ0n) is 25.4. The Balaban J connectivity index is 1.43. The quantitative estimate of drug-likeness (QED) is 0.223. The van der Waals surface area contributed by atoms with Crippen LogP contribution < -0.4 is 16.4 Å². The summed E-state index contributed by atoms with van der Waals surface area (Å²) in [6.07, 6.45) is 0. The van der Waals surface area contributed by atoms with Crippen molar-refractivity contribution < 1.29 is 0 Å². The molecule has 43 heavy (non-hydrogen) atoms. The number of hydrogen-bond acceptors (Lipinski definition) is 2. The van der Waals surface area contributed by atoms with Gasteiger partial charge < -0.3 is 0 Å². The van der Waals surface area contributed by atoms with Crippen molar-refractivity contribution in [3.63, 3.8) is 0 Å². The molecule has 9 rings (SSSR count). The summed E-state index contributed by atoms with van der Waals surface area (Å²) in [6, 6.07) is 29.2. The lowest BCUT2D eigenvalue weighted by Gasteiger charge is -2.33. The maximum atomic E-state index is 5.35. The molecule has 206 valence electrons. The number of aromatic nitrogens is 4. The van der Waals surface area contributed by atoms with Gasteiger partial charge in [0.15, 0.2) is 0 Å². The van der Waals surface area contributed by atoms with Crippen LogP contribution in [0.2, 0.25) is 0 Å². The van der Waals surface area contributed by atoms with E-state index in [1.165, 1.54) is 83.3 Å². The van der Waals surface area contributed by atoms with Crippen molar-refractivity contribution in [2.24, 2.45) is 0 Å². The molecule has 0 atom stereocenters. The number of para-hydroxylation sites is 2. The van der Waals surface area contributed by atoms with E-state index in [4.69, 9.17) is 9.97 Å². The van der Waals surface area contributed by atoms with Gasteiger partial charge in [0.25, 0.3) is 6.71 Å². The van der Waals surface area contributed by atoms with Crippen molar-refractivity contribution in [3.8, 4) is 34.2 Å². The summed E-state index contributed by atoms with van der Waals surface area (Å²) in [4.78, 5) is 10.7. The Hall–Kier alpha value is -4.90. The largest absolute Gasteiger partial charge is 0.293 e. The minimum atomic E-state index is 0.105. The standard InChI is InChI=1S/C38H31BN4/c1-20-16-22(3)32(23(4)17-20)37-40-28-12-7-10-26-35(28)42(37)30-14-9-15-31-34(30)39(26)27-11-8-13-29-36(27)43(31)38(41-29)33-24(5)18-21(2)19-25(33)6/h7-19H,1-6H3. The molecule has 0 amide bonds. The summed E-state index contributed by atoms with van der Waals surface area (Å²) < 4.78 is 4.88. The first kappa shape index (κ1) is 24.7. The molecule has 2 aliphatic heterocycles. The van der Waals surface area contributed by atoms with Crippen molar-refractivity contribution in [2.75, 3.05) is 0 Å². The van der Waals surface area contributed by atoms with Gasteiger partial charge >= 0.3 is 0 Å². The highest BCUT2D eigenvalue weighted by Gasteiger charge is 2.41. The molecule has 0 saturated carbocycles. The lowest BCUT2D eigenvalue weighted by molar-refractivity contribution is 1.06. The SMILES string of the molecule is Cc1cc(C)c(-c2nc3cccc4c3n2-c2cccc3c2B4c2cccc4nc(-c5c(C)cc(C)cc5C)n-3c24)c(C)c1. The number of imidazole rings is 2. The minimum Gasteiger partial charge on any atom is -0.293 e. The van der Waals surface area contributed by atoms with E-state index in [1.54, 1.807) is 0 Å². The number of fused-ring (bicyclic) bond motifs is 4. The van der Waals surface area contributed by atoms with Crippen molar-refractivity contribution in [1.29, 1.82) is 0 Å². The molecule has 0 fully saturated rings. The smallest absolute Gasteiger partial charge is 0.252 e. The average molecular weight is 555 g/mol. The number of aryl methyl sites for hydroxylation is 6. The molecule has 0 radical (unpaired) electrons. The molecule has 7 aromatic rings. The Morgan fingerprint density at radius 2 is 0.907 bits per heavy atom. The normalized spacial score (nSPS) is 12.8. The molecule has 0 spiro atoms. The molecule has 0 bridgehead atoms. The fourth-order valence-electron chi connectivity index (χ4n) is 8.35. The van der Waals surface area contributed by atoms with E-state index in [-0.39, 0.29) is 6.71 Å². The van der Waals surface area contributed by atoms with E-state index >= 15 is 0 Å². The van der Waals surface area contributed by atoms with Crippen LogP contribution in [0.5, 0.6) is 0 Å². The fourth-order valence-corrected chi connectivity index (χ4v) is 8.35. The third-order valence-electron chi connectivity index (χ3n) is 9.67. The van der Waals surface area contributed by atoms with E-state index in [0.717, 1.165) is 22.7 Å². The Kier molecular flexibility index (Phi) is 4.79. The number of rotatable bonds is 2. The fraction of sp³-hybridized carbons (Fsp3) is 0.158. The monoisotopic (exact) mass is 554 g/mol. The van der Waals surface area contributed by atoms with Gasteiger partial charge in [0, 0.05) is 22.5 Å². The maximum absolute atomic E-state index is 5.35. The molecule has 0 aliphatic carbocycles. The second-order valence-electron chi connectivity index (χ2n) is 12.7. The Bertz CT molecular complexity index is 2160. The lowest BCUT2D eigenvalue weighted by Crippen LogP contribution is -2.59. The van der Waals surface area contributed by atoms with Crippen molar-refractivity contribution in [2.45, 2.75) is 41.5 Å². The van der Waals surface area contributed by atoms with Gasteiger partial charge in [-0.05, 0) is 104 Å². The lowest BCUT2D eigenvalue weighted by atomic mass is 9.34. The summed E-state index contributed by atoms with van der Waals surface area (Å²) >= 11 is 0. The Morgan fingerprint density at radius 3 is 1.33 bits per heavy atom. The van der Waals surface area contributed by atoms with Crippen molar-refractivity contribution in [3.05, 3.63) is 112 Å². The third-order valence-corrected chi connectivity index (χ3v) is 9.67. The topological polar surface area (TPSA) is 35.6 Å². The van der Waals surface area contributed by atoms with Crippen LogP contribution in [-0.4, -0.2) is 25.8 Å². The highest BCUT2D eigenvalue weighted by atomic mass is 15.1. The highest BCUT2D eigenvalue weighted by Crippen LogP contribution is 2.39.